The Bertz CT molecular complexity index is 1560. The smallest absolute Gasteiger partial charge is 0.410 e. The third-order valence-corrected chi connectivity index (χ3v) is 6.85. The summed E-state index contributed by atoms with van der Waals surface area (Å²) in [6.45, 7) is 6.44. The number of ether oxygens (including phenoxy) is 1. The molecule has 0 aliphatic carbocycles. The van der Waals surface area contributed by atoms with E-state index in [1.54, 1.807) is 6.33 Å². The molecule has 0 bridgehead atoms. The van der Waals surface area contributed by atoms with Crippen LogP contribution in [0.2, 0.25) is 0 Å². The van der Waals surface area contributed by atoms with Crippen LogP contribution in [-0.4, -0.2) is 38.1 Å². The summed E-state index contributed by atoms with van der Waals surface area (Å²) in [6.07, 6.45) is 3.40. The second-order valence-electron chi connectivity index (χ2n) is 10.6. The van der Waals surface area contributed by atoms with Gasteiger partial charge in [0.1, 0.15) is 5.60 Å². The first-order valence-corrected chi connectivity index (χ1v) is 12.5. The van der Waals surface area contributed by atoms with E-state index in [-0.39, 0.29) is 12.1 Å². The average Bonchev–Trinajstić information content (AvgIpc) is 3.61. The van der Waals surface area contributed by atoms with Gasteiger partial charge >= 0.3 is 6.09 Å². The molecule has 3 heterocycles. The molecule has 3 aromatic carbocycles. The van der Waals surface area contributed by atoms with Crippen molar-refractivity contribution < 1.29 is 9.53 Å². The number of benzene rings is 3. The summed E-state index contributed by atoms with van der Waals surface area (Å²) in [5.41, 5.74) is 8.32. The molecule has 6 nitrogen and oxygen atoms in total. The fourth-order valence-electron chi connectivity index (χ4n) is 5.11. The molecule has 6 rings (SSSR count). The number of amides is 1. The number of rotatable bonds is 3. The quantitative estimate of drug-likeness (QED) is 0.283. The van der Waals surface area contributed by atoms with Gasteiger partial charge in [0.25, 0.3) is 0 Å². The number of hydrogen-bond acceptors (Lipinski definition) is 3. The van der Waals surface area contributed by atoms with Crippen molar-refractivity contribution in [2.45, 2.75) is 45.3 Å². The number of carbonyl (C=O) groups is 1. The summed E-state index contributed by atoms with van der Waals surface area (Å²) in [5, 5.41) is 1.15. The number of nitrogens with one attached hydrogen (secondary N) is 2. The summed E-state index contributed by atoms with van der Waals surface area (Å²) in [5.74, 6) is 0. The highest BCUT2D eigenvalue weighted by Crippen LogP contribution is 2.35. The van der Waals surface area contributed by atoms with E-state index in [1.807, 2.05) is 31.7 Å². The van der Waals surface area contributed by atoms with Gasteiger partial charge in [0.15, 0.2) is 0 Å². The Hall–Kier alpha value is -4.06. The van der Waals surface area contributed by atoms with Crippen molar-refractivity contribution in [3.05, 3.63) is 78.8 Å². The number of carbonyl (C=O) groups excluding carboxylic acids is 1. The molecule has 0 unspecified atom stereocenters. The van der Waals surface area contributed by atoms with Crippen LogP contribution in [0.25, 0.3) is 44.2 Å². The molecule has 0 radical (unpaired) electrons. The van der Waals surface area contributed by atoms with Crippen LogP contribution in [0.15, 0.2) is 73.1 Å². The number of fused-ring (bicyclic) bond motifs is 2. The van der Waals surface area contributed by atoms with Crippen LogP contribution in [0.3, 0.4) is 0 Å². The molecule has 1 fully saturated rings. The highest BCUT2D eigenvalue weighted by Gasteiger charge is 2.34. The van der Waals surface area contributed by atoms with Crippen LogP contribution in [0.4, 0.5) is 4.79 Å². The minimum atomic E-state index is -0.499. The zero-order valence-electron chi connectivity index (χ0n) is 20.8. The van der Waals surface area contributed by atoms with Gasteiger partial charge in [0.05, 0.1) is 23.4 Å². The van der Waals surface area contributed by atoms with E-state index in [4.69, 9.17) is 4.74 Å². The van der Waals surface area contributed by atoms with Crippen molar-refractivity contribution in [2.24, 2.45) is 0 Å². The molecule has 2 aromatic heterocycles. The third-order valence-electron chi connectivity index (χ3n) is 6.85. The number of aromatic nitrogens is 3. The maximum Gasteiger partial charge on any atom is 0.410 e. The summed E-state index contributed by atoms with van der Waals surface area (Å²) >= 11 is 0. The van der Waals surface area contributed by atoms with E-state index in [1.165, 1.54) is 16.7 Å². The molecule has 1 aliphatic rings. The second-order valence-corrected chi connectivity index (χ2v) is 10.6. The van der Waals surface area contributed by atoms with E-state index < -0.39 is 5.60 Å². The Labute approximate surface area is 210 Å². The number of aromatic amines is 2. The Balaban J connectivity index is 1.25. The molecule has 1 atom stereocenters. The predicted molar refractivity (Wildman–Crippen MR) is 144 cm³/mol. The van der Waals surface area contributed by atoms with E-state index in [9.17, 15) is 4.79 Å². The zero-order chi connectivity index (χ0) is 24.9. The van der Waals surface area contributed by atoms with Gasteiger partial charge in [0, 0.05) is 23.1 Å². The molecule has 0 spiro atoms. The van der Waals surface area contributed by atoms with Crippen LogP contribution in [0.1, 0.15) is 45.3 Å². The minimum absolute atomic E-state index is 0.0159. The lowest BCUT2D eigenvalue weighted by Gasteiger charge is -2.28. The SMILES string of the molecule is CC(C)(C)OC(=O)N1CCC[C@@H]1c1cc2cc(-c3ccc(-c4ccc5nc[nH]c5c4)cc3)ccc2[nH]1. The van der Waals surface area contributed by atoms with E-state index >= 15 is 0 Å². The van der Waals surface area contributed by atoms with Gasteiger partial charge < -0.3 is 14.7 Å². The van der Waals surface area contributed by atoms with Crippen LogP contribution < -0.4 is 0 Å². The van der Waals surface area contributed by atoms with Gasteiger partial charge in [-0.25, -0.2) is 9.78 Å². The predicted octanol–water partition coefficient (Wildman–Crippen LogP) is 7.45. The lowest BCUT2D eigenvalue weighted by molar-refractivity contribution is 0.0222. The van der Waals surface area contributed by atoms with E-state index in [0.29, 0.717) is 0 Å². The lowest BCUT2D eigenvalue weighted by Crippen LogP contribution is -2.36. The summed E-state index contributed by atoms with van der Waals surface area (Å²) < 4.78 is 5.65. The Kier molecular flexibility index (Phi) is 5.32. The van der Waals surface area contributed by atoms with Crippen molar-refractivity contribution in [3.63, 3.8) is 0 Å². The molecule has 2 N–H and O–H groups in total. The summed E-state index contributed by atoms with van der Waals surface area (Å²) in [7, 11) is 0. The highest BCUT2D eigenvalue weighted by atomic mass is 16.6. The molecule has 182 valence electrons. The summed E-state index contributed by atoms with van der Waals surface area (Å²) in [6, 6.07) is 23.6. The zero-order valence-corrected chi connectivity index (χ0v) is 20.8. The van der Waals surface area contributed by atoms with Crippen LogP contribution >= 0.6 is 0 Å². The number of nitrogens with zero attached hydrogens (tertiary/aromatic N) is 2. The van der Waals surface area contributed by atoms with Crippen molar-refractivity contribution in [1.29, 1.82) is 0 Å². The van der Waals surface area contributed by atoms with Gasteiger partial charge in [-0.3, -0.25) is 4.90 Å². The number of likely N-dealkylation sites (tertiary alicyclic amines) is 1. The topological polar surface area (TPSA) is 74.0 Å². The molecule has 0 saturated carbocycles. The first kappa shape index (κ1) is 22.4. The standard InChI is InChI=1S/C30H30N4O2/c1-30(2,3)36-29(35)34-14-4-5-28(34)27-17-23-15-21(10-12-24(23)33-27)19-6-8-20(9-7-19)22-11-13-25-26(16-22)32-18-31-25/h6-13,15-18,28,33H,4-5,14H2,1-3H3,(H,31,32)/t28-/m1/s1. The second kappa shape index (κ2) is 8.55. The molecule has 36 heavy (non-hydrogen) atoms. The molecule has 5 aromatic rings. The van der Waals surface area contributed by atoms with E-state index in [0.717, 1.165) is 52.6 Å². The highest BCUT2D eigenvalue weighted by molar-refractivity contribution is 5.87. The van der Waals surface area contributed by atoms with Crippen molar-refractivity contribution in [2.75, 3.05) is 6.54 Å². The largest absolute Gasteiger partial charge is 0.444 e. The molecule has 1 amide bonds. The maximum atomic E-state index is 12.8. The summed E-state index contributed by atoms with van der Waals surface area (Å²) in [4.78, 5) is 25.7. The minimum Gasteiger partial charge on any atom is -0.444 e. The normalized spacial score (nSPS) is 16.2. The number of hydrogen-bond donors (Lipinski definition) is 2. The molecular weight excluding hydrogens is 448 g/mol. The number of imidazole rings is 1. The third kappa shape index (κ3) is 4.24. The van der Waals surface area contributed by atoms with Gasteiger partial charge in [-0.1, -0.05) is 36.4 Å². The Morgan fingerprint density at radius 2 is 1.61 bits per heavy atom. The lowest BCUT2D eigenvalue weighted by atomic mass is 9.99. The fraction of sp³-hybridized carbons (Fsp3) is 0.267. The fourth-order valence-corrected chi connectivity index (χ4v) is 5.11. The van der Waals surface area contributed by atoms with Crippen molar-refractivity contribution in [3.8, 4) is 22.3 Å². The van der Waals surface area contributed by atoms with Crippen LogP contribution in [0, 0.1) is 0 Å². The first-order valence-electron chi connectivity index (χ1n) is 12.5. The van der Waals surface area contributed by atoms with Crippen molar-refractivity contribution >= 4 is 28.0 Å². The monoisotopic (exact) mass is 478 g/mol. The van der Waals surface area contributed by atoms with Gasteiger partial charge in [0.2, 0.25) is 0 Å². The first-order chi connectivity index (χ1) is 17.3. The van der Waals surface area contributed by atoms with Gasteiger partial charge in [-0.05, 0) is 86.2 Å². The Morgan fingerprint density at radius 3 is 2.36 bits per heavy atom. The van der Waals surface area contributed by atoms with Crippen LogP contribution in [-0.2, 0) is 4.74 Å². The molecule has 1 aliphatic heterocycles. The number of H-pyrrole nitrogens is 2. The van der Waals surface area contributed by atoms with E-state index in [2.05, 4.69) is 75.6 Å². The van der Waals surface area contributed by atoms with Crippen molar-refractivity contribution in [1.82, 2.24) is 19.9 Å². The maximum absolute atomic E-state index is 12.8. The van der Waals surface area contributed by atoms with Gasteiger partial charge in [-0.15, -0.1) is 0 Å². The molecule has 6 heteroatoms. The van der Waals surface area contributed by atoms with Crippen LogP contribution in [0.5, 0.6) is 0 Å². The molecule has 1 saturated heterocycles. The van der Waals surface area contributed by atoms with Gasteiger partial charge in [-0.2, -0.15) is 0 Å². The average molecular weight is 479 g/mol. The molecular formula is C30H30N4O2. The Morgan fingerprint density at radius 1 is 0.917 bits per heavy atom.